The lowest BCUT2D eigenvalue weighted by Gasteiger charge is -2.10. The molecule has 3 rings (SSSR count). The van der Waals surface area contributed by atoms with Crippen molar-refractivity contribution in [1.29, 1.82) is 0 Å². The smallest absolute Gasteiger partial charge is 0.322 e. The molecular formula is C16H15N3O. The van der Waals surface area contributed by atoms with Crippen LogP contribution in [0.2, 0.25) is 0 Å². The molecule has 0 radical (unpaired) electrons. The van der Waals surface area contributed by atoms with Gasteiger partial charge in [0, 0.05) is 5.56 Å². The van der Waals surface area contributed by atoms with E-state index >= 15 is 0 Å². The zero-order valence-corrected chi connectivity index (χ0v) is 11.2. The van der Waals surface area contributed by atoms with E-state index in [4.69, 9.17) is 4.74 Å². The second kappa shape index (κ2) is 5.57. The first-order chi connectivity index (χ1) is 9.90. The van der Waals surface area contributed by atoms with Crippen molar-refractivity contribution in [1.82, 2.24) is 14.8 Å². The Bertz CT molecular complexity index is 677. The number of hydrogen-bond donors (Lipinski definition) is 0. The summed E-state index contributed by atoms with van der Waals surface area (Å²) in [6.45, 7) is 2.49. The predicted molar refractivity (Wildman–Crippen MR) is 78.0 cm³/mol. The van der Waals surface area contributed by atoms with Crippen molar-refractivity contribution in [3.05, 3.63) is 60.7 Å². The van der Waals surface area contributed by atoms with Crippen LogP contribution in [0, 0.1) is 0 Å². The third-order valence-corrected chi connectivity index (χ3v) is 2.95. The molecule has 0 unspecified atom stereocenters. The molecule has 2 aromatic carbocycles. The van der Waals surface area contributed by atoms with Crippen LogP contribution in [-0.2, 0) is 0 Å². The van der Waals surface area contributed by atoms with Gasteiger partial charge in [0.15, 0.2) is 5.82 Å². The molecule has 0 aliphatic rings. The van der Waals surface area contributed by atoms with Crippen LogP contribution >= 0.6 is 0 Å². The molecule has 0 amide bonds. The van der Waals surface area contributed by atoms with Crippen LogP contribution in [0.5, 0.6) is 6.01 Å². The zero-order valence-electron chi connectivity index (χ0n) is 11.2. The SMILES string of the molecule is CCOc1nnc(-c2ccccc2)n1-c1ccccc1. The van der Waals surface area contributed by atoms with Gasteiger partial charge in [0.1, 0.15) is 0 Å². The molecule has 3 aromatic rings. The first kappa shape index (κ1) is 12.4. The van der Waals surface area contributed by atoms with Crippen LogP contribution in [0.25, 0.3) is 17.1 Å². The number of benzene rings is 2. The van der Waals surface area contributed by atoms with Crippen LogP contribution in [0.15, 0.2) is 60.7 Å². The van der Waals surface area contributed by atoms with Gasteiger partial charge in [-0.1, -0.05) is 53.6 Å². The summed E-state index contributed by atoms with van der Waals surface area (Å²) in [7, 11) is 0. The summed E-state index contributed by atoms with van der Waals surface area (Å²) in [5, 5.41) is 8.42. The molecule has 1 heterocycles. The molecule has 0 saturated heterocycles. The van der Waals surface area contributed by atoms with Gasteiger partial charge in [0.05, 0.1) is 12.3 Å². The monoisotopic (exact) mass is 265 g/mol. The fraction of sp³-hybridized carbons (Fsp3) is 0.125. The largest absolute Gasteiger partial charge is 0.464 e. The van der Waals surface area contributed by atoms with Crippen molar-refractivity contribution in [2.75, 3.05) is 6.61 Å². The maximum Gasteiger partial charge on any atom is 0.322 e. The lowest BCUT2D eigenvalue weighted by atomic mass is 10.2. The van der Waals surface area contributed by atoms with Crippen molar-refractivity contribution in [3.8, 4) is 23.1 Å². The van der Waals surface area contributed by atoms with Crippen LogP contribution in [0.4, 0.5) is 0 Å². The molecule has 1 aromatic heterocycles. The van der Waals surface area contributed by atoms with E-state index in [9.17, 15) is 0 Å². The summed E-state index contributed by atoms with van der Waals surface area (Å²) < 4.78 is 7.51. The van der Waals surface area contributed by atoms with E-state index in [1.807, 2.05) is 72.2 Å². The normalized spacial score (nSPS) is 10.4. The highest BCUT2D eigenvalue weighted by Crippen LogP contribution is 2.25. The van der Waals surface area contributed by atoms with E-state index in [0.29, 0.717) is 12.6 Å². The van der Waals surface area contributed by atoms with Crippen LogP contribution < -0.4 is 4.74 Å². The molecule has 0 saturated carbocycles. The molecule has 100 valence electrons. The number of nitrogens with zero attached hydrogens (tertiary/aromatic N) is 3. The van der Waals surface area contributed by atoms with Crippen molar-refractivity contribution < 1.29 is 4.74 Å². The molecule has 0 atom stereocenters. The highest BCUT2D eigenvalue weighted by Gasteiger charge is 2.15. The lowest BCUT2D eigenvalue weighted by molar-refractivity contribution is 0.306. The van der Waals surface area contributed by atoms with Gasteiger partial charge >= 0.3 is 6.01 Å². The van der Waals surface area contributed by atoms with Gasteiger partial charge in [0.25, 0.3) is 0 Å². The Hall–Kier alpha value is -2.62. The molecule has 0 aliphatic carbocycles. The average molecular weight is 265 g/mol. The number of aromatic nitrogens is 3. The summed E-state index contributed by atoms with van der Waals surface area (Å²) in [6.07, 6.45) is 0. The van der Waals surface area contributed by atoms with Crippen molar-refractivity contribution in [3.63, 3.8) is 0 Å². The Morgan fingerprint density at radius 3 is 2.20 bits per heavy atom. The molecule has 0 bridgehead atoms. The molecule has 0 spiro atoms. The molecule has 4 heteroatoms. The Morgan fingerprint density at radius 1 is 0.900 bits per heavy atom. The predicted octanol–water partition coefficient (Wildman–Crippen LogP) is 3.33. The molecule has 0 N–H and O–H groups in total. The van der Waals surface area contributed by atoms with Gasteiger partial charge in [-0.3, -0.25) is 0 Å². The standard InChI is InChI=1S/C16H15N3O/c1-2-20-16-18-17-15(13-9-5-3-6-10-13)19(16)14-11-7-4-8-12-14/h3-12H,2H2,1H3. The molecule has 0 fully saturated rings. The van der Waals surface area contributed by atoms with Crippen molar-refractivity contribution >= 4 is 0 Å². The topological polar surface area (TPSA) is 39.9 Å². The van der Waals surface area contributed by atoms with Gasteiger partial charge in [-0.2, -0.15) is 0 Å². The summed E-state index contributed by atoms with van der Waals surface area (Å²) in [6, 6.07) is 20.5. The van der Waals surface area contributed by atoms with Crippen LogP contribution in [-0.4, -0.2) is 21.4 Å². The summed E-state index contributed by atoms with van der Waals surface area (Å²) in [4.78, 5) is 0. The summed E-state index contributed by atoms with van der Waals surface area (Å²) in [5.41, 5.74) is 2.00. The second-order valence-corrected chi connectivity index (χ2v) is 4.28. The van der Waals surface area contributed by atoms with E-state index in [2.05, 4.69) is 10.2 Å². The minimum absolute atomic E-state index is 0.512. The van der Waals surface area contributed by atoms with E-state index < -0.39 is 0 Å². The number of ether oxygens (including phenoxy) is 1. The van der Waals surface area contributed by atoms with Crippen molar-refractivity contribution in [2.45, 2.75) is 6.92 Å². The zero-order chi connectivity index (χ0) is 13.8. The Balaban J connectivity index is 2.17. The third kappa shape index (κ3) is 2.28. The Kier molecular flexibility index (Phi) is 3.46. The van der Waals surface area contributed by atoms with E-state index in [-0.39, 0.29) is 0 Å². The van der Waals surface area contributed by atoms with Gasteiger partial charge in [-0.25, -0.2) is 4.57 Å². The lowest BCUT2D eigenvalue weighted by Crippen LogP contribution is -2.03. The molecule has 4 nitrogen and oxygen atoms in total. The third-order valence-electron chi connectivity index (χ3n) is 2.95. The van der Waals surface area contributed by atoms with Gasteiger partial charge in [-0.05, 0) is 19.1 Å². The first-order valence-corrected chi connectivity index (χ1v) is 6.59. The Labute approximate surface area is 117 Å². The number of rotatable bonds is 4. The quantitative estimate of drug-likeness (QED) is 0.726. The van der Waals surface area contributed by atoms with Gasteiger partial charge in [-0.15, -0.1) is 5.10 Å². The van der Waals surface area contributed by atoms with Crippen molar-refractivity contribution in [2.24, 2.45) is 0 Å². The van der Waals surface area contributed by atoms with E-state index in [0.717, 1.165) is 17.1 Å². The molecule has 0 aliphatic heterocycles. The molecular weight excluding hydrogens is 250 g/mol. The summed E-state index contributed by atoms with van der Waals surface area (Å²) >= 11 is 0. The minimum atomic E-state index is 0.512. The second-order valence-electron chi connectivity index (χ2n) is 4.28. The maximum absolute atomic E-state index is 5.58. The van der Waals surface area contributed by atoms with Gasteiger partial charge < -0.3 is 4.74 Å². The van der Waals surface area contributed by atoms with Gasteiger partial charge in [0.2, 0.25) is 0 Å². The minimum Gasteiger partial charge on any atom is -0.464 e. The highest BCUT2D eigenvalue weighted by molar-refractivity contribution is 5.59. The Morgan fingerprint density at radius 2 is 1.55 bits per heavy atom. The summed E-state index contributed by atoms with van der Waals surface area (Å²) in [5.74, 6) is 0.778. The number of hydrogen-bond acceptors (Lipinski definition) is 3. The fourth-order valence-corrected chi connectivity index (χ4v) is 2.08. The van der Waals surface area contributed by atoms with Crippen LogP contribution in [0.3, 0.4) is 0 Å². The number of para-hydroxylation sites is 1. The first-order valence-electron chi connectivity index (χ1n) is 6.59. The van der Waals surface area contributed by atoms with Crippen LogP contribution in [0.1, 0.15) is 6.92 Å². The maximum atomic E-state index is 5.58. The van der Waals surface area contributed by atoms with E-state index in [1.54, 1.807) is 0 Å². The molecule has 20 heavy (non-hydrogen) atoms. The fourth-order valence-electron chi connectivity index (χ4n) is 2.08. The highest BCUT2D eigenvalue weighted by atomic mass is 16.5. The van der Waals surface area contributed by atoms with E-state index in [1.165, 1.54) is 0 Å². The average Bonchev–Trinajstić information content (AvgIpc) is 2.93.